The lowest BCUT2D eigenvalue weighted by Crippen LogP contribution is -2.24. The van der Waals surface area contributed by atoms with E-state index >= 15 is 0 Å². The average molecular weight is 295 g/mol. The smallest absolute Gasteiger partial charge is 0.306 e. The van der Waals surface area contributed by atoms with Crippen molar-refractivity contribution in [2.75, 3.05) is 6.54 Å². The van der Waals surface area contributed by atoms with Gasteiger partial charge in [-0.3, -0.25) is 9.59 Å². The third-order valence-electron chi connectivity index (χ3n) is 3.74. The van der Waals surface area contributed by atoms with Gasteiger partial charge in [-0.2, -0.15) is 0 Å². The van der Waals surface area contributed by atoms with Gasteiger partial charge in [0.05, 0.1) is 10.8 Å². The average Bonchev–Trinajstić information content (AvgIpc) is 2.86. The molecule has 1 amide bonds. The van der Waals surface area contributed by atoms with Gasteiger partial charge in [-0.15, -0.1) is 11.3 Å². The zero-order valence-corrected chi connectivity index (χ0v) is 12.6. The molecule has 1 aromatic heterocycles. The number of carboxylic acids is 1. The quantitative estimate of drug-likeness (QED) is 0.793. The molecule has 1 atom stereocenters. The van der Waals surface area contributed by atoms with Gasteiger partial charge in [0.25, 0.3) is 5.91 Å². The number of nitrogens with one attached hydrogen (secondary N) is 1. The Morgan fingerprint density at radius 1 is 1.40 bits per heavy atom. The number of hydrogen-bond acceptors (Lipinski definition) is 3. The highest BCUT2D eigenvalue weighted by Gasteiger charge is 2.17. The van der Waals surface area contributed by atoms with Crippen LogP contribution in [0.1, 0.15) is 52.7 Å². The maximum absolute atomic E-state index is 12.0. The second kappa shape index (κ2) is 6.88. The molecule has 0 fully saturated rings. The standard InChI is InChI=1S/C15H21NO3S/c1-10(15(18)19)5-4-8-16-14(17)13-9-11-6-2-3-7-12(11)20-13/h9-10H,2-8H2,1H3,(H,16,17)(H,18,19). The zero-order valence-electron chi connectivity index (χ0n) is 11.8. The Morgan fingerprint density at radius 3 is 2.85 bits per heavy atom. The van der Waals surface area contributed by atoms with E-state index in [1.54, 1.807) is 18.3 Å². The Hall–Kier alpha value is -1.36. The van der Waals surface area contributed by atoms with Gasteiger partial charge >= 0.3 is 5.97 Å². The van der Waals surface area contributed by atoms with Crippen LogP contribution >= 0.6 is 11.3 Å². The fraction of sp³-hybridized carbons (Fsp3) is 0.600. The van der Waals surface area contributed by atoms with Crippen LogP contribution in [0.25, 0.3) is 0 Å². The molecule has 0 radical (unpaired) electrons. The predicted molar refractivity (Wildman–Crippen MR) is 79.3 cm³/mol. The molecule has 2 rings (SSSR count). The lowest BCUT2D eigenvalue weighted by molar-refractivity contribution is -0.141. The maximum Gasteiger partial charge on any atom is 0.306 e. The van der Waals surface area contributed by atoms with E-state index in [9.17, 15) is 9.59 Å². The summed E-state index contributed by atoms with van der Waals surface area (Å²) in [6.45, 7) is 2.23. The summed E-state index contributed by atoms with van der Waals surface area (Å²) in [6, 6.07) is 2.02. The molecule has 4 nitrogen and oxygen atoms in total. The fourth-order valence-electron chi connectivity index (χ4n) is 2.42. The van der Waals surface area contributed by atoms with Crippen molar-refractivity contribution < 1.29 is 14.7 Å². The lowest BCUT2D eigenvalue weighted by Gasteiger charge is -2.08. The number of fused-ring (bicyclic) bond motifs is 1. The van der Waals surface area contributed by atoms with E-state index in [-0.39, 0.29) is 11.8 Å². The van der Waals surface area contributed by atoms with Crippen LogP contribution in [0.2, 0.25) is 0 Å². The molecule has 20 heavy (non-hydrogen) atoms. The SMILES string of the molecule is CC(CCCNC(=O)c1cc2c(s1)CCCC2)C(=O)O. The molecular weight excluding hydrogens is 274 g/mol. The van der Waals surface area contributed by atoms with E-state index in [4.69, 9.17) is 5.11 Å². The first-order chi connectivity index (χ1) is 9.58. The molecule has 1 aliphatic rings. The van der Waals surface area contributed by atoms with Crippen LogP contribution < -0.4 is 5.32 Å². The van der Waals surface area contributed by atoms with E-state index in [2.05, 4.69) is 5.32 Å². The minimum atomic E-state index is -0.776. The van der Waals surface area contributed by atoms with E-state index in [0.717, 1.165) is 17.7 Å². The first-order valence-electron chi connectivity index (χ1n) is 7.20. The second-order valence-corrected chi connectivity index (χ2v) is 6.54. The molecule has 1 unspecified atom stereocenters. The largest absolute Gasteiger partial charge is 0.481 e. The molecular formula is C15H21NO3S. The first-order valence-corrected chi connectivity index (χ1v) is 8.02. The van der Waals surface area contributed by atoms with Crippen LogP contribution in [0.5, 0.6) is 0 Å². The molecule has 0 spiro atoms. The minimum absolute atomic E-state index is 0.0209. The summed E-state index contributed by atoms with van der Waals surface area (Å²) >= 11 is 1.61. The van der Waals surface area contributed by atoms with Gasteiger partial charge in [-0.25, -0.2) is 0 Å². The monoisotopic (exact) mass is 295 g/mol. The number of carboxylic acid groups (broad SMARTS) is 1. The van der Waals surface area contributed by atoms with Crippen LogP contribution in [0, 0.1) is 5.92 Å². The maximum atomic E-state index is 12.0. The molecule has 110 valence electrons. The van der Waals surface area contributed by atoms with Gasteiger partial charge < -0.3 is 10.4 Å². The number of aryl methyl sites for hydroxylation is 2. The minimum Gasteiger partial charge on any atom is -0.481 e. The first kappa shape index (κ1) is 15.0. The zero-order chi connectivity index (χ0) is 14.5. The fourth-order valence-corrected chi connectivity index (χ4v) is 3.59. The van der Waals surface area contributed by atoms with E-state index in [0.29, 0.717) is 19.4 Å². The molecule has 1 aromatic rings. The van der Waals surface area contributed by atoms with Gasteiger partial charge in [0.1, 0.15) is 0 Å². The van der Waals surface area contributed by atoms with Crippen molar-refractivity contribution in [2.45, 2.75) is 45.4 Å². The summed E-state index contributed by atoms with van der Waals surface area (Å²) in [6.07, 6.45) is 5.93. The number of carbonyl (C=O) groups is 2. The molecule has 0 aliphatic heterocycles. The molecule has 0 saturated heterocycles. The molecule has 1 aliphatic carbocycles. The normalized spacial score (nSPS) is 15.4. The van der Waals surface area contributed by atoms with Gasteiger partial charge in [-0.1, -0.05) is 6.92 Å². The summed E-state index contributed by atoms with van der Waals surface area (Å²) in [7, 11) is 0. The Morgan fingerprint density at radius 2 is 2.15 bits per heavy atom. The number of aliphatic carboxylic acids is 1. The third kappa shape index (κ3) is 3.82. The second-order valence-electron chi connectivity index (χ2n) is 5.40. The number of carbonyl (C=O) groups excluding carboxylic acids is 1. The number of amides is 1. The predicted octanol–water partition coefficient (Wildman–Crippen LogP) is 2.86. The van der Waals surface area contributed by atoms with Crippen LogP contribution in [-0.4, -0.2) is 23.5 Å². The van der Waals surface area contributed by atoms with Crippen molar-refractivity contribution in [1.82, 2.24) is 5.32 Å². The van der Waals surface area contributed by atoms with Crippen molar-refractivity contribution >= 4 is 23.2 Å². The molecule has 5 heteroatoms. The summed E-state index contributed by atoms with van der Waals surface area (Å²) in [5, 5.41) is 11.7. The number of thiophene rings is 1. The van der Waals surface area contributed by atoms with Crippen LogP contribution in [0.4, 0.5) is 0 Å². The van der Waals surface area contributed by atoms with E-state index < -0.39 is 5.97 Å². The summed E-state index contributed by atoms with van der Waals surface area (Å²) in [5.74, 6) is -1.14. The Balaban J connectivity index is 1.77. The topological polar surface area (TPSA) is 66.4 Å². The highest BCUT2D eigenvalue weighted by atomic mass is 32.1. The number of hydrogen-bond donors (Lipinski definition) is 2. The summed E-state index contributed by atoms with van der Waals surface area (Å²) in [4.78, 5) is 24.9. The van der Waals surface area contributed by atoms with Gasteiger partial charge in [0.2, 0.25) is 0 Å². The molecule has 1 heterocycles. The van der Waals surface area contributed by atoms with Crippen LogP contribution in [0.15, 0.2) is 6.07 Å². The van der Waals surface area contributed by atoms with E-state index in [1.807, 2.05) is 6.07 Å². The molecule has 0 saturated carbocycles. The Labute approximate surface area is 123 Å². The Kier molecular flexibility index (Phi) is 5.17. The van der Waals surface area contributed by atoms with Crippen molar-refractivity contribution in [1.29, 1.82) is 0 Å². The van der Waals surface area contributed by atoms with Crippen molar-refractivity contribution in [3.8, 4) is 0 Å². The lowest BCUT2D eigenvalue weighted by atomic mass is 9.99. The summed E-state index contributed by atoms with van der Waals surface area (Å²) < 4.78 is 0. The van der Waals surface area contributed by atoms with Crippen molar-refractivity contribution in [3.05, 3.63) is 21.4 Å². The highest BCUT2D eigenvalue weighted by Crippen LogP contribution is 2.29. The highest BCUT2D eigenvalue weighted by molar-refractivity contribution is 7.14. The summed E-state index contributed by atoms with van der Waals surface area (Å²) in [5.41, 5.74) is 1.34. The van der Waals surface area contributed by atoms with Crippen molar-refractivity contribution in [2.24, 2.45) is 5.92 Å². The van der Waals surface area contributed by atoms with Crippen LogP contribution in [0.3, 0.4) is 0 Å². The molecule has 0 bridgehead atoms. The molecule has 2 N–H and O–H groups in total. The Bertz CT molecular complexity index is 472. The van der Waals surface area contributed by atoms with Gasteiger partial charge in [-0.05, 0) is 50.2 Å². The van der Waals surface area contributed by atoms with Crippen molar-refractivity contribution in [3.63, 3.8) is 0 Å². The van der Waals surface area contributed by atoms with Gasteiger partial charge in [0.15, 0.2) is 0 Å². The molecule has 0 aromatic carbocycles. The third-order valence-corrected chi connectivity index (χ3v) is 4.98. The van der Waals surface area contributed by atoms with E-state index in [1.165, 1.54) is 23.3 Å². The van der Waals surface area contributed by atoms with Crippen LogP contribution in [-0.2, 0) is 17.6 Å². The van der Waals surface area contributed by atoms with Gasteiger partial charge in [0, 0.05) is 11.4 Å². The number of rotatable bonds is 6.